The van der Waals surface area contributed by atoms with Gasteiger partial charge in [0.05, 0.1) is 0 Å². The van der Waals surface area contributed by atoms with E-state index in [9.17, 15) is 14.4 Å². The smallest absolute Gasteiger partial charge is 0.329 e. The third-order valence-corrected chi connectivity index (χ3v) is 3.61. The van der Waals surface area contributed by atoms with Crippen LogP contribution in [0.25, 0.3) is 0 Å². The highest BCUT2D eigenvalue weighted by Gasteiger charge is 2.36. The Kier molecular flexibility index (Phi) is 4.32. The van der Waals surface area contributed by atoms with Crippen LogP contribution in [0.1, 0.15) is 33.1 Å². The Morgan fingerprint density at radius 2 is 2.17 bits per heavy atom. The number of rotatable bonds is 4. The molecule has 1 saturated heterocycles. The molecule has 0 aromatic carbocycles. The predicted molar refractivity (Wildman–Crippen MR) is 64.8 cm³/mol. The first-order valence-electron chi connectivity index (χ1n) is 6.09. The molecule has 0 radical (unpaired) electrons. The first kappa shape index (κ1) is 14.5. The fourth-order valence-corrected chi connectivity index (χ4v) is 1.83. The summed E-state index contributed by atoms with van der Waals surface area (Å²) in [4.78, 5) is 36.2. The molecule has 0 aromatic rings. The van der Waals surface area contributed by atoms with Gasteiger partial charge in [-0.15, -0.1) is 0 Å². The second-order valence-electron chi connectivity index (χ2n) is 4.99. The van der Waals surface area contributed by atoms with Gasteiger partial charge in [0.1, 0.15) is 5.54 Å². The fraction of sp³-hybridized carbons (Fsp3) is 0.750. The lowest BCUT2D eigenvalue weighted by Gasteiger charge is -2.31. The molecule has 6 nitrogen and oxygen atoms in total. The molecule has 1 rings (SSSR count). The zero-order valence-electron chi connectivity index (χ0n) is 11.0. The van der Waals surface area contributed by atoms with Crippen LogP contribution in [-0.4, -0.2) is 46.9 Å². The fourth-order valence-electron chi connectivity index (χ4n) is 1.83. The second-order valence-corrected chi connectivity index (χ2v) is 4.99. The molecular weight excluding hydrogens is 236 g/mol. The van der Waals surface area contributed by atoms with Crippen molar-refractivity contribution in [3.8, 4) is 0 Å². The van der Waals surface area contributed by atoms with Crippen molar-refractivity contribution in [3.05, 3.63) is 0 Å². The van der Waals surface area contributed by atoms with E-state index in [1.807, 2.05) is 0 Å². The molecule has 1 fully saturated rings. The van der Waals surface area contributed by atoms with E-state index in [4.69, 9.17) is 5.11 Å². The summed E-state index contributed by atoms with van der Waals surface area (Å²) < 4.78 is 0. The predicted octanol–water partition coefficient (Wildman–Crippen LogP) is 0.224. The van der Waals surface area contributed by atoms with E-state index in [1.165, 1.54) is 6.92 Å². The van der Waals surface area contributed by atoms with Crippen molar-refractivity contribution in [2.24, 2.45) is 5.92 Å². The van der Waals surface area contributed by atoms with Gasteiger partial charge >= 0.3 is 5.97 Å². The van der Waals surface area contributed by atoms with E-state index >= 15 is 0 Å². The van der Waals surface area contributed by atoms with Crippen LogP contribution >= 0.6 is 0 Å². The quantitative estimate of drug-likeness (QED) is 0.753. The van der Waals surface area contributed by atoms with E-state index in [2.05, 4.69) is 5.32 Å². The maximum atomic E-state index is 12.0. The standard InChI is InChI=1S/C12H20N2O4/c1-4-12(2,11(17)18)13-10(16)8-5-6-14(3)9(15)7-8/h8H,4-7H2,1-3H3,(H,13,16)(H,17,18). The molecule has 6 heteroatoms. The van der Waals surface area contributed by atoms with Gasteiger partial charge in [0.25, 0.3) is 0 Å². The van der Waals surface area contributed by atoms with Gasteiger partial charge in [0.2, 0.25) is 11.8 Å². The Bertz CT molecular complexity index is 369. The minimum absolute atomic E-state index is 0.0741. The number of carbonyl (C=O) groups excluding carboxylic acids is 2. The van der Waals surface area contributed by atoms with Crippen molar-refractivity contribution in [2.75, 3.05) is 13.6 Å². The van der Waals surface area contributed by atoms with Gasteiger partial charge < -0.3 is 15.3 Å². The van der Waals surface area contributed by atoms with Crippen molar-refractivity contribution in [1.82, 2.24) is 10.2 Å². The number of hydrogen-bond acceptors (Lipinski definition) is 3. The molecule has 102 valence electrons. The Labute approximate surface area is 106 Å². The molecule has 2 amide bonds. The average molecular weight is 256 g/mol. The molecule has 0 aromatic heterocycles. The number of carbonyl (C=O) groups is 3. The van der Waals surface area contributed by atoms with E-state index in [1.54, 1.807) is 18.9 Å². The highest BCUT2D eigenvalue weighted by molar-refractivity contribution is 5.91. The van der Waals surface area contributed by atoms with Gasteiger partial charge in [0, 0.05) is 25.9 Å². The number of aliphatic carboxylic acids is 1. The summed E-state index contributed by atoms with van der Waals surface area (Å²) >= 11 is 0. The number of piperidine rings is 1. The number of likely N-dealkylation sites (tertiary alicyclic amines) is 1. The van der Waals surface area contributed by atoms with Crippen molar-refractivity contribution in [2.45, 2.75) is 38.6 Å². The minimum Gasteiger partial charge on any atom is -0.480 e. The Morgan fingerprint density at radius 1 is 1.56 bits per heavy atom. The van der Waals surface area contributed by atoms with Crippen LogP contribution in [0.15, 0.2) is 0 Å². The molecule has 2 atom stereocenters. The highest BCUT2D eigenvalue weighted by atomic mass is 16.4. The zero-order valence-corrected chi connectivity index (χ0v) is 11.0. The molecule has 1 aliphatic rings. The first-order valence-corrected chi connectivity index (χ1v) is 6.09. The molecule has 2 N–H and O–H groups in total. The topological polar surface area (TPSA) is 86.7 Å². The largest absolute Gasteiger partial charge is 0.480 e. The van der Waals surface area contributed by atoms with Crippen LogP contribution in [0, 0.1) is 5.92 Å². The number of carboxylic acid groups (broad SMARTS) is 1. The summed E-state index contributed by atoms with van der Waals surface area (Å²) in [5, 5.41) is 11.6. The van der Waals surface area contributed by atoms with Gasteiger partial charge in [-0.2, -0.15) is 0 Å². The van der Waals surface area contributed by atoms with E-state index < -0.39 is 17.4 Å². The van der Waals surface area contributed by atoms with Gasteiger partial charge in [-0.25, -0.2) is 4.79 Å². The SMILES string of the molecule is CCC(C)(NC(=O)C1CCN(C)C(=O)C1)C(=O)O. The van der Waals surface area contributed by atoms with E-state index in [-0.39, 0.29) is 18.2 Å². The summed E-state index contributed by atoms with van der Waals surface area (Å²) in [7, 11) is 1.70. The summed E-state index contributed by atoms with van der Waals surface area (Å²) in [6.45, 7) is 3.71. The summed E-state index contributed by atoms with van der Waals surface area (Å²) in [6, 6.07) is 0. The summed E-state index contributed by atoms with van der Waals surface area (Å²) in [6.07, 6.45) is 1.03. The lowest BCUT2D eigenvalue weighted by Crippen LogP contribution is -2.54. The monoisotopic (exact) mass is 256 g/mol. The average Bonchev–Trinajstić information content (AvgIpc) is 2.32. The number of nitrogens with one attached hydrogen (secondary N) is 1. The molecule has 1 heterocycles. The number of amides is 2. The van der Waals surface area contributed by atoms with Crippen LogP contribution in [0.2, 0.25) is 0 Å². The van der Waals surface area contributed by atoms with Crippen LogP contribution < -0.4 is 5.32 Å². The zero-order chi connectivity index (χ0) is 13.9. The molecule has 18 heavy (non-hydrogen) atoms. The molecule has 0 saturated carbocycles. The highest BCUT2D eigenvalue weighted by Crippen LogP contribution is 2.19. The summed E-state index contributed by atoms with van der Waals surface area (Å²) in [5.74, 6) is -1.89. The molecule has 1 aliphatic heterocycles. The van der Waals surface area contributed by atoms with Gasteiger partial charge in [0.15, 0.2) is 0 Å². The molecule has 0 aliphatic carbocycles. The molecule has 2 unspecified atom stereocenters. The molecule has 0 spiro atoms. The Morgan fingerprint density at radius 3 is 2.61 bits per heavy atom. The third kappa shape index (κ3) is 3.00. The number of carboxylic acids is 1. The van der Waals surface area contributed by atoms with Gasteiger partial charge in [-0.1, -0.05) is 6.92 Å². The maximum Gasteiger partial charge on any atom is 0.329 e. The lowest BCUT2D eigenvalue weighted by atomic mass is 9.92. The first-order chi connectivity index (χ1) is 8.30. The van der Waals surface area contributed by atoms with E-state index in [0.29, 0.717) is 19.4 Å². The van der Waals surface area contributed by atoms with E-state index in [0.717, 1.165) is 0 Å². The van der Waals surface area contributed by atoms with Crippen molar-refractivity contribution in [3.63, 3.8) is 0 Å². The normalized spacial score (nSPS) is 23.4. The van der Waals surface area contributed by atoms with Crippen molar-refractivity contribution < 1.29 is 19.5 Å². The maximum absolute atomic E-state index is 12.0. The van der Waals surface area contributed by atoms with Crippen LogP contribution in [0.3, 0.4) is 0 Å². The molecular formula is C12H20N2O4. The number of nitrogens with zero attached hydrogens (tertiary/aromatic N) is 1. The summed E-state index contributed by atoms with van der Waals surface area (Å²) in [5.41, 5.74) is -1.26. The molecule has 0 bridgehead atoms. The van der Waals surface area contributed by atoms with Crippen molar-refractivity contribution in [1.29, 1.82) is 0 Å². The lowest BCUT2D eigenvalue weighted by molar-refractivity contribution is -0.148. The Hall–Kier alpha value is -1.59. The van der Waals surface area contributed by atoms with Crippen molar-refractivity contribution >= 4 is 17.8 Å². The van der Waals surface area contributed by atoms with Gasteiger partial charge in [-0.05, 0) is 19.8 Å². The minimum atomic E-state index is -1.26. The van der Waals surface area contributed by atoms with Crippen LogP contribution in [0.4, 0.5) is 0 Å². The Balaban J connectivity index is 2.66. The second kappa shape index (κ2) is 5.37. The van der Waals surface area contributed by atoms with Gasteiger partial charge in [-0.3, -0.25) is 9.59 Å². The van der Waals surface area contributed by atoms with Crippen LogP contribution in [-0.2, 0) is 14.4 Å². The van der Waals surface area contributed by atoms with Crippen LogP contribution in [0.5, 0.6) is 0 Å². The third-order valence-electron chi connectivity index (χ3n) is 3.61. The number of hydrogen-bond donors (Lipinski definition) is 2.